The number of halogens is 1. The zero-order valence-corrected chi connectivity index (χ0v) is 17.5. The molecule has 0 atom stereocenters. The average Bonchev–Trinajstić information content (AvgIpc) is 2.99. The Bertz CT molecular complexity index is 938. The Hall–Kier alpha value is -2.90. The van der Waals surface area contributed by atoms with E-state index in [1.165, 1.54) is 12.0 Å². The van der Waals surface area contributed by atoms with Crippen LogP contribution in [0.5, 0.6) is 5.75 Å². The van der Waals surface area contributed by atoms with Crippen LogP contribution in [0.1, 0.15) is 49.5 Å². The molecular formula is C22H24ClN3O4. The smallest absolute Gasteiger partial charge is 0.261 e. The molecule has 30 heavy (non-hydrogen) atoms. The summed E-state index contributed by atoms with van der Waals surface area (Å²) in [5.41, 5.74) is 1.92. The van der Waals surface area contributed by atoms with Gasteiger partial charge < -0.3 is 15.4 Å². The van der Waals surface area contributed by atoms with E-state index in [4.69, 9.17) is 4.74 Å². The number of carbonyl (C=O) groups excluding carboxylic acids is 3. The second-order valence-electron chi connectivity index (χ2n) is 7.27. The maximum atomic E-state index is 12.8. The van der Waals surface area contributed by atoms with Gasteiger partial charge in [0.25, 0.3) is 17.7 Å². The highest BCUT2D eigenvalue weighted by Crippen LogP contribution is 2.26. The third-order valence-electron chi connectivity index (χ3n) is 5.40. The zero-order chi connectivity index (χ0) is 20.4. The number of nitrogens with one attached hydrogen (secondary N) is 2. The lowest BCUT2D eigenvalue weighted by molar-refractivity contribution is 0.0642. The summed E-state index contributed by atoms with van der Waals surface area (Å²) in [5, 5.41) is 6.33. The Labute approximate surface area is 181 Å². The molecule has 0 saturated carbocycles. The Kier molecular flexibility index (Phi) is 6.74. The highest BCUT2D eigenvalue weighted by Gasteiger charge is 2.35. The average molecular weight is 430 g/mol. The van der Waals surface area contributed by atoms with Crippen molar-refractivity contribution in [1.82, 2.24) is 15.5 Å². The normalized spacial score (nSPS) is 16.1. The molecule has 2 aromatic carbocycles. The van der Waals surface area contributed by atoms with Gasteiger partial charge in [-0.15, -0.1) is 12.4 Å². The summed E-state index contributed by atoms with van der Waals surface area (Å²) in [6.07, 6.45) is 1.76. The molecule has 7 nitrogen and oxygen atoms in total. The van der Waals surface area contributed by atoms with E-state index in [9.17, 15) is 14.4 Å². The van der Waals surface area contributed by atoms with Gasteiger partial charge in [-0.05, 0) is 55.8 Å². The van der Waals surface area contributed by atoms with Gasteiger partial charge in [0, 0.05) is 6.04 Å². The quantitative estimate of drug-likeness (QED) is 0.712. The van der Waals surface area contributed by atoms with Crippen molar-refractivity contribution in [2.45, 2.75) is 25.4 Å². The second kappa shape index (κ2) is 9.28. The van der Waals surface area contributed by atoms with E-state index in [1.54, 1.807) is 42.5 Å². The number of methoxy groups -OCH3 is 1. The van der Waals surface area contributed by atoms with Crippen LogP contribution in [-0.2, 0) is 6.54 Å². The van der Waals surface area contributed by atoms with Crippen molar-refractivity contribution in [2.75, 3.05) is 20.2 Å². The predicted molar refractivity (Wildman–Crippen MR) is 114 cm³/mol. The first-order valence-corrected chi connectivity index (χ1v) is 9.72. The van der Waals surface area contributed by atoms with Gasteiger partial charge in [0.15, 0.2) is 0 Å². The Morgan fingerprint density at radius 3 is 2.33 bits per heavy atom. The van der Waals surface area contributed by atoms with Gasteiger partial charge in [-0.2, -0.15) is 0 Å². The van der Waals surface area contributed by atoms with Crippen LogP contribution in [0, 0.1) is 0 Å². The van der Waals surface area contributed by atoms with Crippen LogP contribution in [0.15, 0.2) is 42.5 Å². The van der Waals surface area contributed by atoms with Crippen LogP contribution >= 0.6 is 12.4 Å². The lowest BCUT2D eigenvalue weighted by Gasteiger charge is -2.24. The molecule has 0 aromatic heterocycles. The van der Waals surface area contributed by atoms with Crippen molar-refractivity contribution in [2.24, 2.45) is 0 Å². The van der Waals surface area contributed by atoms with Gasteiger partial charge in [-0.25, -0.2) is 0 Å². The number of hydrogen-bond donors (Lipinski definition) is 2. The largest absolute Gasteiger partial charge is 0.496 e. The Morgan fingerprint density at radius 1 is 1.10 bits per heavy atom. The third-order valence-corrected chi connectivity index (χ3v) is 5.40. The fourth-order valence-corrected chi connectivity index (χ4v) is 3.83. The summed E-state index contributed by atoms with van der Waals surface area (Å²) in [6, 6.07) is 12.1. The Balaban J connectivity index is 0.00000256. The van der Waals surface area contributed by atoms with Crippen LogP contribution in [0.4, 0.5) is 0 Å². The molecular weight excluding hydrogens is 406 g/mol. The number of imide groups is 1. The summed E-state index contributed by atoms with van der Waals surface area (Å²) < 4.78 is 5.35. The van der Waals surface area contributed by atoms with Crippen LogP contribution in [0.2, 0.25) is 0 Å². The molecule has 3 amide bonds. The van der Waals surface area contributed by atoms with Gasteiger partial charge in [0.1, 0.15) is 5.75 Å². The highest BCUT2D eigenvalue weighted by atomic mass is 35.5. The molecule has 2 aliphatic rings. The van der Waals surface area contributed by atoms with Gasteiger partial charge in [-0.3, -0.25) is 19.3 Å². The van der Waals surface area contributed by atoms with Crippen LogP contribution in [-0.4, -0.2) is 48.9 Å². The second-order valence-corrected chi connectivity index (χ2v) is 7.27. The molecule has 1 saturated heterocycles. The summed E-state index contributed by atoms with van der Waals surface area (Å²) in [7, 11) is 1.51. The molecule has 2 aromatic rings. The maximum absolute atomic E-state index is 12.8. The fourth-order valence-electron chi connectivity index (χ4n) is 3.83. The number of rotatable bonds is 5. The van der Waals surface area contributed by atoms with E-state index in [2.05, 4.69) is 10.6 Å². The van der Waals surface area contributed by atoms with E-state index in [1.807, 2.05) is 0 Å². The molecule has 1 fully saturated rings. The summed E-state index contributed by atoms with van der Waals surface area (Å²) in [4.78, 5) is 39.3. The third kappa shape index (κ3) is 4.17. The number of nitrogens with zero attached hydrogens (tertiary/aromatic N) is 1. The van der Waals surface area contributed by atoms with Gasteiger partial charge in [0.05, 0.1) is 30.3 Å². The molecule has 0 radical (unpaired) electrons. The molecule has 0 aliphatic carbocycles. The van der Waals surface area contributed by atoms with Crippen molar-refractivity contribution in [1.29, 1.82) is 0 Å². The SMILES string of the molecule is COc1ccc(CN2C(=O)c3ccccc3C2=O)cc1C(=O)NC1CCNCC1.Cl. The first kappa shape index (κ1) is 21.8. The standard InChI is InChI=1S/C22H23N3O4.ClH/c1-29-19-7-6-14(12-18(19)20(26)24-15-8-10-23-11-9-15)13-25-21(27)16-4-2-3-5-17(16)22(25)28;/h2-7,12,15,23H,8-11,13H2,1H3,(H,24,26);1H. The monoisotopic (exact) mass is 429 g/mol. The number of benzene rings is 2. The number of ether oxygens (including phenoxy) is 1. The number of amides is 3. The van der Waals surface area contributed by atoms with Crippen molar-refractivity contribution in [3.05, 3.63) is 64.7 Å². The lowest BCUT2D eigenvalue weighted by Crippen LogP contribution is -2.42. The molecule has 158 valence electrons. The molecule has 2 aliphatic heterocycles. The number of hydrogen-bond acceptors (Lipinski definition) is 5. The molecule has 0 unspecified atom stereocenters. The van der Waals surface area contributed by atoms with Gasteiger partial charge in [0.2, 0.25) is 0 Å². The summed E-state index contributed by atoms with van der Waals surface area (Å²) in [5.74, 6) is -0.384. The lowest BCUT2D eigenvalue weighted by atomic mass is 10.0. The van der Waals surface area contributed by atoms with Gasteiger partial charge >= 0.3 is 0 Å². The number of fused-ring (bicyclic) bond motifs is 1. The molecule has 0 bridgehead atoms. The van der Waals surface area contributed by atoms with Gasteiger partial charge in [-0.1, -0.05) is 18.2 Å². The minimum Gasteiger partial charge on any atom is -0.496 e. The van der Waals surface area contributed by atoms with Crippen molar-refractivity contribution >= 4 is 30.1 Å². The Morgan fingerprint density at radius 2 is 1.73 bits per heavy atom. The van der Waals surface area contributed by atoms with E-state index in [0.717, 1.165) is 25.9 Å². The highest BCUT2D eigenvalue weighted by molar-refractivity contribution is 6.21. The van der Waals surface area contributed by atoms with E-state index in [0.29, 0.717) is 28.0 Å². The topological polar surface area (TPSA) is 87.7 Å². The molecule has 4 rings (SSSR count). The van der Waals surface area contributed by atoms with E-state index >= 15 is 0 Å². The first-order valence-electron chi connectivity index (χ1n) is 9.72. The minimum absolute atomic E-state index is 0. The number of carbonyl (C=O) groups is 3. The van der Waals surface area contributed by atoms with Crippen LogP contribution in [0.25, 0.3) is 0 Å². The van der Waals surface area contributed by atoms with Crippen LogP contribution < -0.4 is 15.4 Å². The van der Waals surface area contributed by atoms with Crippen molar-refractivity contribution in [3.63, 3.8) is 0 Å². The molecule has 0 spiro atoms. The van der Waals surface area contributed by atoms with Crippen molar-refractivity contribution < 1.29 is 19.1 Å². The zero-order valence-electron chi connectivity index (χ0n) is 16.6. The molecule has 2 N–H and O–H groups in total. The van der Waals surface area contributed by atoms with E-state index in [-0.39, 0.29) is 42.7 Å². The molecule has 2 heterocycles. The maximum Gasteiger partial charge on any atom is 0.261 e. The fraction of sp³-hybridized carbons (Fsp3) is 0.318. The van der Waals surface area contributed by atoms with E-state index < -0.39 is 0 Å². The predicted octanol–water partition coefficient (Wildman–Crippen LogP) is 2.40. The minimum atomic E-state index is -0.317. The summed E-state index contributed by atoms with van der Waals surface area (Å²) in [6.45, 7) is 1.85. The molecule has 8 heteroatoms. The first-order chi connectivity index (χ1) is 14.1. The van der Waals surface area contributed by atoms with Crippen LogP contribution in [0.3, 0.4) is 0 Å². The number of piperidine rings is 1. The summed E-state index contributed by atoms with van der Waals surface area (Å²) >= 11 is 0. The van der Waals surface area contributed by atoms with Crippen molar-refractivity contribution in [3.8, 4) is 5.75 Å².